The third-order valence-corrected chi connectivity index (χ3v) is 5.05. The smallest absolute Gasteiger partial charge is 0.348 e. The molecule has 0 fully saturated rings. The SMILES string of the molecule is CCC(=O)N(c1cc(C2=CCCCC2)sc1C(=O)O)C(C)C. The van der Waals surface area contributed by atoms with Crippen molar-refractivity contribution in [2.24, 2.45) is 0 Å². The lowest BCUT2D eigenvalue weighted by Gasteiger charge is -2.26. The highest BCUT2D eigenvalue weighted by Gasteiger charge is 2.26. The van der Waals surface area contributed by atoms with Gasteiger partial charge < -0.3 is 10.0 Å². The van der Waals surface area contributed by atoms with Crippen molar-refractivity contribution in [1.82, 2.24) is 0 Å². The topological polar surface area (TPSA) is 57.6 Å². The Morgan fingerprint density at radius 2 is 2.09 bits per heavy atom. The molecule has 4 nitrogen and oxygen atoms in total. The molecular weight excluding hydrogens is 298 g/mol. The first-order valence-corrected chi connectivity index (χ1v) is 8.66. The van der Waals surface area contributed by atoms with Gasteiger partial charge in [-0.3, -0.25) is 4.79 Å². The van der Waals surface area contributed by atoms with Crippen molar-refractivity contribution < 1.29 is 14.7 Å². The number of hydrogen-bond donors (Lipinski definition) is 1. The number of aromatic carboxylic acids is 1. The van der Waals surface area contributed by atoms with Gasteiger partial charge in [0, 0.05) is 17.3 Å². The standard InChI is InChI=1S/C17H23NO3S/c1-4-15(19)18(11(2)3)13-10-14(22-16(13)17(20)21)12-8-6-5-7-9-12/h8,10-11H,4-7,9H2,1-3H3,(H,20,21). The molecule has 1 N–H and O–H groups in total. The largest absolute Gasteiger partial charge is 0.477 e. The number of hydrogen-bond acceptors (Lipinski definition) is 3. The zero-order chi connectivity index (χ0) is 16.3. The Kier molecular flexibility index (Phi) is 5.40. The van der Waals surface area contributed by atoms with Crippen LogP contribution in [0.3, 0.4) is 0 Å². The van der Waals surface area contributed by atoms with E-state index in [0.717, 1.165) is 24.1 Å². The summed E-state index contributed by atoms with van der Waals surface area (Å²) in [6.07, 6.45) is 6.94. The quantitative estimate of drug-likeness (QED) is 0.865. The molecule has 1 aromatic heterocycles. The third-order valence-electron chi connectivity index (χ3n) is 3.86. The second-order valence-corrected chi connectivity index (χ2v) is 6.87. The van der Waals surface area contributed by atoms with E-state index in [1.165, 1.54) is 23.3 Å². The number of allylic oxidation sites excluding steroid dienone is 2. The van der Waals surface area contributed by atoms with Crippen LogP contribution in [-0.4, -0.2) is 23.0 Å². The normalized spacial score (nSPS) is 14.8. The molecule has 0 radical (unpaired) electrons. The Morgan fingerprint density at radius 3 is 2.59 bits per heavy atom. The molecule has 0 atom stereocenters. The highest BCUT2D eigenvalue weighted by Crippen LogP contribution is 2.38. The molecule has 0 spiro atoms. The van der Waals surface area contributed by atoms with Crippen LogP contribution >= 0.6 is 11.3 Å². The Hall–Kier alpha value is -1.62. The Bertz CT molecular complexity index is 601. The van der Waals surface area contributed by atoms with Crippen molar-refractivity contribution >= 4 is 34.5 Å². The van der Waals surface area contributed by atoms with Crippen LogP contribution in [0.25, 0.3) is 5.57 Å². The van der Waals surface area contributed by atoms with Gasteiger partial charge in [0.2, 0.25) is 5.91 Å². The number of carboxylic acid groups (broad SMARTS) is 1. The summed E-state index contributed by atoms with van der Waals surface area (Å²) in [5.41, 5.74) is 1.76. The molecule has 0 aliphatic heterocycles. The van der Waals surface area contributed by atoms with Gasteiger partial charge in [-0.1, -0.05) is 13.0 Å². The van der Waals surface area contributed by atoms with Crippen LogP contribution in [0.2, 0.25) is 0 Å². The molecule has 1 aliphatic carbocycles. The number of thiophene rings is 1. The molecule has 0 unspecified atom stereocenters. The van der Waals surface area contributed by atoms with Gasteiger partial charge in [-0.15, -0.1) is 11.3 Å². The fourth-order valence-corrected chi connectivity index (χ4v) is 3.86. The predicted octanol–water partition coefficient (Wildman–Crippen LogP) is 4.56. The molecule has 1 heterocycles. The van der Waals surface area contributed by atoms with Crippen LogP contribution < -0.4 is 4.90 Å². The monoisotopic (exact) mass is 321 g/mol. The van der Waals surface area contributed by atoms with Gasteiger partial charge >= 0.3 is 5.97 Å². The number of anilines is 1. The fraction of sp³-hybridized carbons (Fsp3) is 0.529. The van der Waals surface area contributed by atoms with Gasteiger partial charge in [-0.2, -0.15) is 0 Å². The molecular formula is C17H23NO3S. The summed E-state index contributed by atoms with van der Waals surface area (Å²) in [5, 5.41) is 9.52. The Balaban J connectivity index is 2.49. The predicted molar refractivity (Wildman–Crippen MR) is 90.6 cm³/mol. The zero-order valence-electron chi connectivity index (χ0n) is 13.4. The first kappa shape index (κ1) is 16.7. The number of carbonyl (C=O) groups is 2. The van der Waals surface area contributed by atoms with E-state index in [2.05, 4.69) is 6.08 Å². The maximum atomic E-state index is 12.2. The van der Waals surface area contributed by atoms with Gasteiger partial charge in [-0.25, -0.2) is 4.79 Å². The number of amides is 1. The lowest BCUT2D eigenvalue weighted by Crippen LogP contribution is -2.37. The molecule has 1 aromatic rings. The van der Waals surface area contributed by atoms with Gasteiger partial charge in [-0.05, 0) is 51.2 Å². The van der Waals surface area contributed by atoms with Crippen molar-refractivity contribution in [3.63, 3.8) is 0 Å². The molecule has 1 aliphatic rings. The lowest BCUT2D eigenvalue weighted by atomic mass is 9.98. The number of rotatable bonds is 5. The first-order chi connectivity index (χ1) is 10.5. The molecule has 0 saturated carbocycles. The van der Waals surface area contributed by atoms with Gasteiger partial charge in [0.15, 0.2) is 0 Å². The second-order valence-electron chi connectivity index (χ2n) is 5.82. The average Bonchev–Trinajstić information content (AvgIpc) is 2.92. The maximum absolute atomic E-state index is 12.2. The Morgan fingerprint density at radius 1 is 1.36 bits per heavy atom. The van der Waals surface area contributed by atoms with Crippen LogP contribution in [0.4, 0.5) is 5.69 Å². The second kappa shape index (κ2) is 7.09. The Labute approximate surface area is 135 Å². The number of carboxylic acids is 1. The summed E-state index contributed by atoms with van der Waals surface area (Å²) in [6, 6.07) is 1.83. The van der Waals surface area contributed by atoms with Crippen LogP contribution in [0.1, 0.15) is 67.4 Å². The molecule has 22 heavy (non-hydrogen) atoms. The van der Waals surface area contributed by atoms with E-state index in [-0.39, 0.29) is 16.8 Å². The minimum Gasteiger partial charge on any atom is -0.477 e. The van der Waals surface area contributed by atoms with E-state index >= 15 is 0 Å². The van der Waals surface area contributed by atoms with E-state index < -0.39 is 5.97 Å². The van der Waals surface area contributed by atoms with Crippen molar-refractivity contribution in [3.8, 4) is 0 Å². The summed E-state index contributed by atoms with van der Waals surface area (Å²) in [5.74, 6) is -1.00. The highest BCUT2D eigenvalue weighted by molar-refractivity contribution is 7.15. The summed E-state index contributed by atoms with van der Waals surface area (Å²) >= 11 is 1.29. The van der Waals surface area contributed by atoms with Crippen LogP contribution in [0, 0.1) is 0 Å². The highest BCUT2D eigenvalue weighted by atomic mass is 32.1. The van der Waals surface area contributed by atoms with Crippen molar-refractivity contribution in [1.29, 1.82) is 0 Å². The minimum atomic E-state index is -0.961. The summed E-state index contributed by atoms with van der Waals surface area (Å²) in [4.78, 5) is 26.7. The van der Waals surface area contributed by atoms with Crippen molar-refractivity contribution in [3.05, 3.63) is 21.9 Å². The molecule has 0 aromatic carbocycles. The van der Waals surface area contributed by atoms with Gasteiger partial charge in [0.05, 0.1) is 5.69 Å². The molecule has 5 heteroatoms. The van der Waals surface area contributed by atoms with Gasteiger partial charge in [0.25, 0.3) is 0 Å². The summed E-state index contributed by atoms with van der Waals surface area (Å²) in [7, 11) is 0. The van der Waals surface area contributed by atoms with Crippen molar-refractivity contribution in [2.45, 2.75) is 58.9 Å². The van der Waals surface area contributed by atoms with Crippen molar-refractivity contribution in [2.75, 3.05) is 4.90 Å². The first-order valence-electron chi connectivity index (χ1n) is 7.84. The number of nitrogens with zero attached hydrogens (tertiary/aromatic N) is 1. The van der Waals surface area contributed by atoms with E-state index in [4.69, 9.17) is 0 Å². The van der Waals surface area contributed by atoms with E-state index in [1.54, 1.807) is 11.8 Å². The maximum Gasteiger partial charge on any atom is 0.348 e. The molecule has 2 rings (SSSR count). The van der Waals surface area contributed by atoms with Gasteiger partial charge in [0.1, 0.15) is 4.88 Å². The van der Waals surface area contributed by atoms with Crippen LogP contribution in [0.15, 0.2) is 12.1 Å². The van der Waals surface area contributed by atoms with E-state index in [9.17, 15) is 14.7 Å². The summed E-state index contributed by atoms with van der Waals surface area (Å²) in [6.45, 7) is 5.63. The molecule has 0 saturated heterocycles. The van der Waals surface area contributed by atoms with Crippen LogP contribution in [0.5, 0.6) is 0 Å². The van der Waals surface area contributed by atoms with Crippen LogP contribution in [-0.2, 0) is 4.79 Å². The third kappa shape index (κ3) is 3.40. The lowest BCUT2D eigenvalue weighted by molar-refractivity contribution is -0.118. The number of carbonyl (C=O) groups excluding carboxylic acids is 1. The zero-order valence-corrected chi connectivity index (χ0v) is 14.2. The van der Waals surface area contributed by atoms with E-state index in [0.29, 0.717) is 12.1 Å². The summed E-state index contributed by atoms with van der Waals surface area (Å²) < 4.78 is 0. The fourth-order valence-electron chi connectivity index (χ4n) is 2.80. The average molecular weight is 321 g/mol. The minimum absolute atomic E-state index is 0.0422. The molecule has 0 bridgehead atoms. The van der Waals surface area contributed by atoms with E-state index in [1.807, 2.05) is 19.9 Å². The molecule has 1 amide bonds. The molecule has 120 valence electrons.